The van der Waals surface area contributed by atoms with Crippen molar-refractivity contribution < 1.29 is 23.1 Å². The van der Waals surface area contributed by atoms with Crippen LogP contribution in [0.3, 0.4) is 0 Å². The van der Waals surface area contributed by atoms with Gasteiger partial charge in [0.15, 0.2) is 23.0 Å². The number of fused-ring (bicyclic) bond motifs is 1. The van der Waals surface area contributed by atoms with Crippen LogP contribution in [0.5, 0.6) is 11.5 Å². The van der Waals surface area contributed by atoms with E-state index in [0.29, 0.717) is 34.4 Å². The molecule has 1 fully saturated rings. The molecule has 1 atom stereocenters. The van der Waals surface area contributed by atoms with E-state index in [0.717, 1.165) is 36.9 Å². The van der Waals surface area contributed by atoms with E-state index in [2.05, 4.69) is 17.1 Å². The third-order valence-electron chi connectivity index (χ3n) is 6.77. The molecule has 1 aliphatic heterocycles. The van der Waals surface area contributed by atoms with Crippen LogP contribution in [0.1, 0.15) is 47.7 Å². The lowest BCUT2D eigenvalue weighted by atomic mass is 9.93. The van der Waals surface area contributed by atoms with Crippen molar-refractivity contribution in [3.05, 3.63) is 77.9 Å². The molecule has 0 spiro atoms. The fraction of sp³-hybridized carbons (Fsp3) is 0.321. The number of rotatable bonds is 7. The van der Waals surface area contributed by atoms with Gasteiger partial charge in [-0.3, -0.25) is 9.69 Å². The first kappa shape index (κ1) is 23.1. The molecule has 0 aliphatic carbocycles. The second-order valence-corrected chi connectivity index (χ2v) is 8.97. The van der Waals surface area contributed by atoms with Crippen molar-refractivity contribution in [2.24, 2.45) is 5.92 Å². The van der Waals surface area contributed by atoms with Crippen LogP contribution in [-0.4, -0.2) is 38.1 Å². The van der Waals surface area contributed by atoms with Gasteiger partial charge in [0.2, 0.25) is 0 Å². The average molecular weight is 475 g/mol. The second-order valence-electron chi connectivity index (χ2n) is 8.97. The number of carbonyl (C=O) groups excluding carboxylic acids is 1. The van der Waals surface area contributed by atoms with Crippen LogP contribution >= 0.6 is 0 Å². The summed E-state index contributed by atoms with van der Waals surface area (Å²) in [5, 5.41) is 3.91. The van der Waals surface area contributed by atoms with Gasteiger partial charge in [-0.05, 0) is 62.2 Å². The molecule has 7 heteroatoms. The minimum atomic E-state index is -0.327. The number of nitrogens with zero attached hydrogens (tertiary/aromatic N) is 1. The van der Waals surface area contributed by atoms with E-state index in [9.17, 15) is 4.79 Å². The lowest BCUT2D eigenvalue weighted by Gasteiger charge is -2.37. The minimum absolute atomic E-state index is 0.239. The van der Waals surface area contributed by atoms with Gasteiger partial charge >= 0.3 is 0 Å². The molecule has 1 saturated heterocycles. The van der Waals surface area contributed by atoms with E-state index in [4.69, 9.17) is 18.3 Å². The van der Waals surface area contributed by atoms with Crippen molar-refractivity contribution in [3.8, 4) is 11.5 Å². The van der Waals surface area contributed by atoms with Crippen LogP contribution in [0, 0.1) is 5.92 Å². The maximum absolute atomic E-state index is 13.1. The van der Waals surface area contributed by atoms with Crippen LogP contribution in [0.15, 0.2) is 69.7 Å². The first-order chi connectivity index (χ1) is 17.1. The Labute approximate surface area is 204 Å². The Morgan fingerprint density at radius 2 is 1.83 bits per heavy atom. The summed E-state index contributed by atoms with van der Waals surface area (Å²) >= 11 is 0. The molecule has 1 N–H and O–H groups in total. The molecule has 182 valence electrons. The number of nitrogens with one attached hydrogen (secondary N) is 1. The monoisotopic (exact) mass is 474 g/mol. The smallest absolute Gasteiger partial charge is 0.291 e. The third kappa shape index (κ3) is 4.39. The molecule has 7 nitrogen and oxygen atoms in total. The number of hydrogen-bond donors (Lipinski definition) is 1. The Bertz CT molecular complexity index is 1300. The fourth-order valence-corrected chi connectivity index (χ4v) is 4.89. The van der Waals surface area contributed by atoms with Crippen molar-refractivity contribution in [1.82, 2.24) is 4.90 Å². The van der Waals surface area contributed by atoms with E-state index >= 15 is 0 Å². The Hall–Kier alpha value is -3.71. The predicted octanol–water partition coefficient (Wildman–Crippen LogP) is 6.12. The van der Waals surface area contributed by atoms with Crippen LogP contribution in [0.4, 0.5) is 5.69 Å². The zero-order chi connectivity index (χ0) is 24.4. The molecule has 1 unspecified atom stereocenters. The molecular formula is C28H30N2O5. The van der Waals surface area contributed by atoms with Crippen molar-refractivity contribution in [3.63, 3.8) is 0 Å². The minimum Gasteiger partial charge on any atom is -0.493 e. The summed E-state index contributed by atoms with van der Waals surface area (Å²) < 4.78 is 23.3. The molecule has 35 heavy (non-hydrogen) atoms. The highest BCUT2D eigenvalue weighted by Crippen LogP contribution is 2.46. The van der Waals surface area contributed by atoms with Crippen LogP contribution in [0.25, 0.3) is 11.0 Å². The zero-order valence-electron chi connectivity index (χ0n) is 20.2. The summed E-state index contributed by atoms with van der Waals surface area (Å²) in [5.74, 6) is 2.54. The fourth-order valence-electron chi connectivity index (χ4n) is 4.89. The standard InChI is InChI=1S/C28H30N2O5/c1-18-13-15-30(16-14-18)25(20-9-6-11-22(32-2)26(20)33-3)27-24(19-8-4-5-10-21(19)35-27)29-28(31)23-12-7-17-34-23/h4-12,17-18,25H,13-16H2,1-3H3,(H,29,31). The molecule has 2 aromatic carbocycles. The molecule has 0 radical (unpaired) electrons. The number of piperidine rings is 1. The Morgan fingerprint density at radius 1 is 1.03 bits per heavy atom. The normalized spacial score (nSPS) is 15.7. The van der Waals surface area contributed by atoms with Gasteiger partial charge in [-0.2, -0.15) is 0 Å². The highest BCUT2D eigenvalue weighted by Gasteiger charge is 2.35. The Kier molecular flexibility index (Phi) is 6.51. The van der Waals surface area contributed by atoms with E-state index in [1.54, 1.807) is 26.4 Å². The second kappa shape index (κ2) is 9.88. The van der Waals surface area contributed by atoms with Crippen molar-refractivity contribution in [2.45, 2.75) is 25.8 Å². The molecule has 2 aromatic heterocycles. The van der Waals surface area contributed by atoms with Gasteiger partial charge in [-0.1, -0.05) is 31.2 Å². The quantitative estimate of drug-likeness (QED) is 0.348. The van der Waals surface area contributed by atoms with Gasteiger partial charge in [0.1, 0.15) is 5.58 Å². The molecule has 1 amide bonds. The van der Waals surface area contributed by atoms with Gasteiger partial charge in [0.05, 0.1) is 32.2 Å². The van der Waals surface area contributed by atoms with Gasteiger partial charge in [0, 0.05) is 10.9 Å². The molecule has 4 aromatic rings. The zero-order valence-corrected chi connectivity index (χ0v) is 20.2. The molecule has 5 rings (SSSR count). The van der Waals surface area contributed by atoms with E-state index in [1.807, 2.05) is 42.5 Å². The average Bonchev–Trinajstić information content (AvgIpc) is 3.54. The van der Waals surface area contributed by atoms with E-state index in [1.165, 1.54) is 6.26 Å². The number of hydrogen-bond acceptors (Lipinski definition) is 6. The molecule has 0 bridgehead atoms. The van der Waals surface area contributed by atoms with Gasteiger partial charge in [-0.15, -0.1) is 0 Å². The first-order valence-corrected chi connectivity index (χ1v) is 11.9. The molecule has 1 aliphatic rings. The van der Waals surface area contributed by atoms with Crippen LogP contribution < -0.4 is 14.8 Å². The number of likely N-dealkylation sites (tertiary alicyclic amines) is 1. The Morgan fingerprint density at radius 3 is 2.54 bits per heavy atom. The third-order valence-corrected chi connectivity index (χ3v) is 6.77. The summed E-state index contributed by atoms with van der Waals surface area (Å²) in [5.41, 5.74) is 2.26. The number of carbonyl (C=O) groups is 1. The lowest BCUT2D eigenvalue weighted by Crippen LogP contribution is -2.37. The Balaban J connectivity index is 1.69. The van der Waals surface area contributed by atoms with Crippen LogP contribution in [-0.2, 0) is 0 Å². The summed E-state index contributed by atoms with van der Waals surface area (Å²) in [6.07, 6.45) is 3.65. The van der Waals surface area contributed by atoms with Gasteiger partial charge < -0.3 is 23.6 Å². The summed E-state index contributed by atoms with van der Waals surface area (Å²) in [4.78, 5) is 15.5. The van der Waals surface area contributed by atoms with Gasteiger partial charge in [0.25, 0.3) is 5.91 Å². The summed E-state index contributed by atoms with van der Waals surface area (Å²) in [6, 6.07) is 16.7. The SMILES string of the molecule is COc1cccc(C(c2oc3ccccc3c2NC(=O)c2ccco2)N2CCC(C)CC2)c1OC. The number of para-hydroxylation sites is 2. The first-order valence-electron chi connectivity index (χ1n) is 11.9. The largest absolute Gasteiger partial charge is 0.493 e. The van der Waals surface area contributed by atoms with Crippen molar-refractivity contribution in [1.29, 1.82) is 0 Å². The predicted molar refractivity (Wildman–Crippen MR) is 134 cm³/mol. The van der Waals surface area contributed by atoms with E-state index < -0.39 is 0 Å². The molecular weight excluding hydrogens is 444 g/mol. The number of benzene rings is 2. The highest BCUT2D eigenvalue weighted by atomic mass is 16.5. The maximum atomic E-state index is 13.1. The van der Waals surface area contributed by atoms with Gasteiger partial charge in [-0.25, -0.2) is 0 Å². The van der Waals surface area contributed by atoms with Crippen LogP contribution in [0.2, 0.25) is 0 Å². The summed E-state index contributed by atoms with van der Waals surface area (Å²) in [6.45, 7) is 4.08. The van der Waals surface area contributed by atoms with Crippen molar-refractivity contribution >= 4 is 22.6 Å². The maximum Gasteiger partial charge on any atom is 0.291 e. The van der Waals surface area contributed by atoms with E-state index in [-0.39, 0.29) is 17.7 Å². The molecule has 3 heterocycles. The number of ether oxygens (including phenoxy) is 2. The topological polar surface area (TPSA) is 77.1 Å². The lowest BCUT2D eigenvalue weighted by molar-refractivity contribution is 0.0995. The van der Waals surface area contributed by atoms with Crippen molar-refractivity contribution in [2.75, 3.05) is 32.6 Å². The number of amides is 1. The summed E-state index contributed by atoms with van der Waals surface area (Å²) in [7, 11) is 3.28. The number of furan rings is 2. The molecule has 0 saturated carbocycles. The highest BCUT2D eigenvalue weighted by molar-refractivity contribution is 6.08. The number of anilines is 1. The number of methoxy groups -OCH3 is 2.